The maximum Gasteiger partial charge on any atom is 0.128 e. The summed E-state index contributed by atoms with van der Waals surface area (Å²) < 4.78 is 5.48. The second-order valence-corrected chi connectivity index (χ2v) is 5.35. The lowest BCUT2D eigenvalue weighted by atomic mass is 9.91. The number of aliphatic hydroxyl groups is 1. The van der Waals surface area contributed by atoms with E-state index >= 15 is 0 Å². The Morgan fingerprint density at radius 3 is 2.56 bits per heavy atom. The summed E-state index contributed by atoms with van der Waals surface area (Å²) in [4.78, 5) is 2.39. The highest BCUT2D eigenvalue weighted by Crippen LogP contribution is 2.29. The summed E-state index contributed by atoms with van der Waals surface area (Å²) in [6, 6.07) is 0. The third-order valence-corrected chi connectivity index (χ3v) is 3.84. The molecule has 0 aliphatic carbocycles. The molecule has 16 heavy (non-hydrogen) atoms. The van der Waals surface area contributed by atoms with Gasteiger partial charge in [0.15, 0.2) is 0 Å². The van der Waals surface area contributed by atoms with Crippen molar-refractivity contribution in [3.63, 3.8) is 0 Å². The molecule has 1 saturated heterocycles. The summed E-state index contributed by atoms with van der Waals surface area (Å²) in [5, 5.41) is 10.4. The SMILES string of the molecule is CC(C)(C(O)C1=CCCO1)N1CCCCC1. The summed E-state index contributed by atoms with van der Waals surface area (Å²) in [6.45, 7) is 7.15. The van der Waals surface area contributed by atoms with Crippen molar-refractivity contribution in [1.29, 1.82) is 0 Å². The highest BCUT2D eigenvalue weighted by molar-refractivity contribution is 5.11. The van der Waals surface area contributed by atoms with Crippen molar-refractivity contribution in [2.75, 3.05) is 19.7 Å². The first kappa shape index (κ1) is 11.9. The van der Waals surface area contributed by atoms with Crippen molar-refractivity contribution in [2.24, 2.45) is 0 Å². The van der Waals surface area contributed by atoms with Crippen LogP contribution in [0, 0.1) is 0 Å². The van der Waals surface area contributed by atoms with Crippen LogP contribution in [0.3, 0.4) is 0 Å². The lowest BCUT2D eigenvalue weighted by molar-refractivity contribution is -0.0248. The van der Waals surface area contributed by atoms with E-state index in [1.54, 1.807) is 0 Å². The van der Waals surface area contributed by atoms with Crippen LogP contribution in [0.5, 0.6) is 0 Å². The quantitative estimate of drug-likeness (QED) is 0.796. The molecular weight excluding hydrogens is 202 g/mol. The molecule has 1 N–H and O–H groups in total. The van der Waals surface area contributed by atoms with Crippen molar-refractivity contribution in [2.45, 2.75) is 51.2 Å². The average molecular weight is 225 g/mol. The zero-order chi connectivity index (χ0) is 11.6. The minimum absolute atomic E-state index is 0.212. The van der Waals surface area contributed by atoms with E-state index in [4.69, 9.17) is 4.74 Å². The molecule has 2 aliphatic heterocycles. The van der Waals surface area contributed by atoms with Crippen LogP contribution in [-0.2, 0) is 4.74 Å². The average Bonchev–Trinajstić information content (AvgIpc) is 2.82. The van der Waals surface area contributed by atoms with E-state index in [9.17, 15) is 5.11 Å². The number of nitrogens with zero attached hydrogens (tertiary/aromatic N) is 1. The second kappa shape index (κ2) is 4.76. The van der Waals surface area contributed by atoms with Gasteiger partial charge in [0.1, 0.15) is 11.9 Å². The molecule has 0 amide bonds. The van der Waals surface area contributed by atoms with Crippen molar-refractivity contribution in [3.8, 4) is 0 Å². The van der Waals surface area contributed by atoms with E-state index in [1.165, 1.54) is 19.3 Å². The van der Waals surface area contributed by atoms with Crippen LogP contribution in [0.2, 0.25) is 0 Å². The van der Waals surface area contributed by atoms with Gasteiger partial charge in [0.2, 0.25) is 0 Å². The Morgan fingerprint density at radius 2 is 2.00 bits per heavy atom. The monoisotopic (exact) mass is 225 g/mol. The fourth-order valence-electron chi connectivity index (χ4n) is 2.62. The fraction of sp³-hybridized carbons (Fsp3) is 0.846. The van der Waals surface area contributed by atoms with Crippen LogP contribution >= 0.6 is 0 Å². The molecule has 0 aromatic rings. The first-order chi connectivity index (χ1) is 7.62. The molecule has 2 heterocycles. The van der Waals surface area contributed by atoms with Crippen molar-refractivity contribution in [1.82, 2.24) is 4.90 Å². The molecule has 0 spiro atoms. The Balaban J connectivity index is 2.04. The molecule has 0 bridgehead atoms. The van der Waals surface area contributed by atoms with Crippen LogP contribution in [0.15, 0.2) is 11.8 Å². The van der Waals surface area contributed by atoms with E-state index in [0.29, 0.717) is 0 Å². The van der Waals surface area contributed by atoms with Gasteiger partial charge in [0, 0.05) is 12.0 Å². The minimum atomic E-state index is -0.493. The zero-order valence-electron chi connectivity index (χ0n) is 10.4. The van der Waals surface area contributed by atoms with Crippen molar-refractivity contribution < 1.29 is 9.84 Å². The fourth-order valence-corrected chi connectivity index (χ4v) is 2.62. The number of rotatable bonds is 3. The Morgan fingerprint density at radius 1 is 1.31 bits per heavy atom. The van der Waals surface area contributed by atoms with Gasteiger partial charge in [-0.2, -0.15) is 0 Å². The first-order valence-electron chi connectivity index (χ1n) is 6.38. The summed E-state index contributed by atoms with van der Waals surface area (Å²) in [7, 11) is 0. The molecule has 1 fully saturated rings. The number of hydrogen-bond acceptors (Lipinski definition) is 3. The van der Waals surface area contributed by atoms with Crippen LogP contribution in [0.25, 0.3) is 0 Å². The number of ether oxygens (including phenoxy) is 1. The molecule has 2 aliphatic rings. The van der Waals surface area contributed by atoms with Crippen LogP contribution in [-0.4, -0.2) is 41.3 Å². The number of piperidine rings is 1. The van der Waals surface area contributed by atoms with E-state index in [2.05, 4.69) is 18.7 Å². The van der Waals surface area contributed by atoms with Gasteiger partial charge in [-0.05, 0) is 45.9 Å². The molecular formula is C13H23NO2. The van der Waals surface area contributed by atoms with Crippen LogP contribution in [0.4, 0.5) is 0 Å². The standard InChI is InChI=1S/C13H23NO2/c1-13(2,14-8-4-3-5-9-14)12(15)11-7-6-10-16-11/h7,12,15H,3-6,8-10H2,1-2H3. The normalized spacial score (nSPS) is 25.1. The van der Waals surface area contributed by atoms with Gasteiger partial charge in [-0.15, -0.1) is 0 Å². The molecule has 0 aromatic heterocycles. The molecule has 2 rings (SSSR count). The van der Waals surface area contributed by atoms with Crippen molar-refractivity contribution >= 4 is 0 Å². The molecule has 1 unspecified atom stereocenters. The van der Waals surface area contributed by atoms with Gasteiger partial charge in [-0.3, -0.25) is 4.90 Å². The number of hydrogen-bond donors (Lipinski definition) is 1. The molecule has 0 saturated carbocycles. The van der Waals surface area contributed by atoms with Gasteiger partial charge >= 0.3 is 0 Å². The van der Waals surface area contributed by atoms with Gasteiger partial charge in [-0.25, -0.2) is 0 Å². The Hall–Kier alpha value is -0.540. The van der Waals surface area contributed by atoms with Gasteiger partial charge in [0.05, 0.1) is 6.61 Å². The number of likely N-dealkylation sites (tertiary alicyclic amines) is 1. The molecule has 1 atom stereocenters. The van der Waals surface area contributed by atoms with Gasteiger partial charge in [-0.1, -0.05) is 6.42 Å². The van der Waals surface area contributed by atoms with E-state index < -0.39 is 6.10 Å². The van der Waals surface area contributed by atoms with Crippen LogP contribution < -0.4 is 0 Å². The summed E-state index contributed by atoms with van der Waals surface area (Å²) in [5.41, 5.74) is -0.212. The summed E-state index contributed by atoms with van der Waals surface area (Å²) >= 11 is 0. The molecule has 92 valence electrons. The molecule has 0 aromatic carbocycles. The lowest BCUT2D eigenvalue weighted by Crippen LogP contribution is -2.54. The maximum absolute atomic E-state index is 10.4. The largest absolute Gasteiger partial charge is 0.495 e. The molecule has 3 heteroatoms. The molecule has 0 radical (unpaired) electrons. The third-order valence-electron chi connectivity index (χ3n) is 3.84. The predicted octanol–water partition coefficient (Wildman–Crippen LogP) is 1.92. The lowest BCUT2D eigenvalue weighted by Gasteiger charge is -2.43. The zero-order valence-corrected chi connectivity index (χ0v) is 10.4. The topological polar surface area (TPSA) is 32.7 Å². The van der Waals surface area contributed by atoms with E-state index in [0.717, 1.165) is 31.9 Å². The smallest absolute Gasteiger partial charge is 0.128 e. The summed E-state index contributed by atoms with van der Waals surface area (Å²) in [5.74, 6) is 0.774. The minimum Gasteiger partial charge on any atom is -0.495 e. The maximum atomic E-state index is 10.4. The van der Waals surface area contributed by atoms with Gasteiger partial charge < -0.3 is 9.84 Å². The Bertz CT molecular complexity index is 267. The van der Waals surface area contributed by atoms with Crippen molar-refractivity contribution in [3.05, 3.63) is 11.8 Å². The number of aliphatic hydroxyl groups excluding tert-OH is 1. The van der Waals surface area contributed by atoms with Crippen LogP contribution in [0.1, 0.15) is 39.5 Å². The second-order valence-electron chi connectivity index (χ2n) is 5.35. The summed E-state index contributed by atoms with van der Waals surface area (Å²) in [6.07, 6.45) is 6.28. The van der Waals surface area contributed by atoms with Gasteiger partial charge in [0.25, 0.3) is 0 Å². The third kappa shape index (κ3) is 2.25. The highest BCUT2D eigenvalue weighted by atomic mass is 16.5. The van der Waals surface area contributed by atoms with E-state index in [1.807, 2.05) is 6.08 Å². The highest BCUT2D eigenvalue weighted by Gasteiger charge is 2.38. The Labute approximate surface area is 98.1 Å². The first-order valence-corrected chi connectivity index (χ1v) is 6.38. The Kier molecular flexibility index (Phi) is 3.55. The molecule has 3 nitrogen and oxygen atoms in total. The predicted molar refractivity (Wildman–Crippen MR) is 64.2 cm³/mol. The van der Waals surface area contributed by atoms with E-state index in [-0.39, 0.29) is 5.54 Å².